The zero-order valence-corrected chi connectivity index (χ0v) is 55.1. The summed E-state index contributed by atoms with van der Waals surface area (Å²) in [6.45, 7) is 6.44. The van der Waals surface area contributed by atoms with Crippen LogP contribution in [-0.4, -0.2) is 187 Å². The van der Waals surface area contributed by atoms with Gasteiger partial charge in [0.1, 0.15) is 29.4 Å². The minimum absolute atomic E-state index is 0.00247. The molecule has 0 saturated carbocycles. The number of carboxylic acids is 1. The number of primary amides is 2. The molecular formula is C65H93N11O18S. The van der Waals surface area contributed by atoms with E-state index in [4.69, 9.17) is 22.9 Å². The first-order chi connectivity index (χ1) is 44.8. The molecule has 2 heterocycles. The number of likely N-dealkylation sites (tertiary alicyclic amines) is 2. The molecule has 11 atom stereocenters. The summed E-state index contributed by atoms with van der Waals surface area (Å²) in [5.74, 6) is -16.4. The highest BCUT2D eigenvalue weighted by atomic mass is 32.1. The number of aliphatic hydroxyl groups is 1. The predicted octanol–water partition coefficient (Wildman–Crippen LogP) is -0.0317. The number of carboxylic acid groups (broad SMARTS) is 1. The van der Waals surface area contributed by atoms with Gasteiger partial charge in [-0.25, -0.2) is 0 Å². The predicted molar refractivity (Wildman–Crippen MR) is 348 cm³/mol. The van der Waals surface area contributed by atoms with Gasteiger partial charge in [0.25, 0.3) is 0 Å². The van der Waals surface area contributed by atoms with Crippen molar-refractivity contribution in [2.45, 2.75) is 173 Å². The van der Waals surface area contributed by atoms with Crippen molar-refractivity contribution in [1.29, 1.82) is 0 Å². The highest BCUT2D eigenvalue weighted by Gasteiger charge is 2.45. The highest BCUT2D eigenvalue weighted by Crippen LogP contribution is 2.29. The van der Waals surface area contributed by atoms with E-state index in [0.29, 0.717) is 24.0 Å². The van der Waals surface area contributed by atoms with E-state index < -0.39 is 188 Å². The van der Waals surface area contributed by atoms with Gasteiger partial charge >= 0.3 is 5.97 Å². The molecule has 2 saturated heterocycles. The molecule has 0 aliphatic carbocycles. The molecule has 95 heavy (non-hydrogen) atoms. The average Bonchev–Trinajstić information content (AvgIpc) is 1.68. The number of amides is 8. The second-order valence-electron chi connectivity index (χ2n) is 25.1. The number of aliphatic hydroxyl groups excluding tert-OH is 1. The lowest BCUT2D eigenvalue weighted by Gasteiger charge is -2.33. The van der Waals surface area contributed by atoms with Crippen LogP contribution in [0.4, 0.5) is 0 Å². The Bertz CT molecular complexity index is 3110. The van der Waals surface area contributed by atoms with Gasteiger partial charge in [-0.1, -0.05) is 52.0 Å². The quantitative estimate of drug-likeness (QED) is 0.0180. The van der Waals surface area contributed by atoms with Crippen molar-refractivity contribution in [3.05, 3.63) is 59.7 Å². The molecule has 29 nitrogen and oxygen atoms in total. The van der Waals surface area contributed by atoms with Crippen LogP contribution in [0.1, 0.15) is 135 Å². The number of hydrogen-bond donors (Lipinski definition) is 13. The molecule has 2 aliphatic rings. The maximum absolute atomic E-state index is 14.4. The first-order valence-corrected chi connectivity index (χ1v) is 32.5. The van der Waals surface area contributed by atoms with Gasteiger partial charge in [-0.15, -0.1) is 0 Å². The second-order valence-corrected chi connectivity index (χ2v) is 25.4. The number of carbonyl (C=O) groups is 14. The largest absolute Gasteiger partial charge is 0.508 e. The van der Waals surface area contributed by atoms with Gasteiger partial charge in [0, 0.05) is 81.7 Å². The smallest absolute Gasteiger partial charge is 0.305 e. The highest BCUT2D eigenvalue weighted by molar-refractivity contribution is 7.80. The number of rotatable bonds is 42. The number of nitrogens with one attached hydrogen (secondary N) is 4. The zero-order chi connectivity index (χ0) is 70.8. The molecule has 0 aromatic heterocycles. The van der Waals surface area contributed by atoms with Crippen molar-refractivity contribution in [3.63, 3.8) is 0 Å². The first kappa shape index (κ1) is 78.6. The minimum Gasteiger partial charge on any atom is -0.508 e. The molecule has 2 aromatic carbocycles. The van der Waals surface area contributed by atoms with E-state index in [1.165, 1.54) is 48.2 Å². The third-order valence-electron chi connectivity index (χ3n) is 16.9. The topological polar surface area (TPSA) is 491 Å². The van der Waals surface area contributed by atoms with E-state index in [1.54, 1.807) is 19.1 Å². The van der Waals surface area contributed by atoms with Crippen LogP contribution in [0.15, 0.2) is 53.5 Å². The lowest BCUT2D eigenvalue weighted by atomic mass is 9.86. The van der Waals surface area contributed by atoms with Crippen molar-refractivity contribution in [2.24, 2.45) is 63.4 Å². The van der Waals surface area contributed by atoms with E-state index >= 15 is 0 Å². The molecule has 0 bridgehead atoms. The molecular weight excluding hydrogens is 1250 g/mol. The van der Waals surface area contributed by atoms with E-state index in [9.17, 15) is 87.5 Å². The molecule has 522 valence electrons. The normalized spacial score (nSPS) is 17.3. The van der Waals surface area contributed by atoms with Crippen LogP contribution in [0, 0.1) is 35.5 Å². The molecule has 2 aromatic rings. The molecule has 30 heteroatoms. The summed E-state index contributed by atoms with van der Waals surface area (Å²) < 4.78 is 0. The molecule has 8 amide bonds. The molecule has 2 aliphatic heterocycles. The van der Waals surface area contributed by atoms with Gasteiger partial charge < -0.3 is 74.4 Å². The van der Waals surface area contributed by atoms with Crippen LogP contribution in [0.25, 0.3) is 0 Å². The lowest BCUT2D eigenvalue weighted by molar-refractivity contribution is -0.149. The number of ketones is 5. The van der Waals surface area contributed by atoms with Crippen molar-refractivity contribution in [2.75, 3.05) is 32.0 Å². The Balaban J connectivity index is 1.42. The maximum Gasteiger partial charge on any atom is 0.305 e. The van der Waals surface area contributed by atoms with Gasteiger partial charge in [-0.05, 0) is 99.1 Å². The van der Waals surface area contributed by atoms with E-state index in [-0.39, 0.29) is 112 Å². The zero-order valence-electron chi connectivity index (χ0n) is 54.2. The van der Waals surface area contributed by atoms with E-state index in [0.717, 1.165) is 4.90 Å². The summed E-state index contributed by atoms with van der Waals surface area (Å²) in [5, 5.41) is 49.4. The van der Waals surface area contributed by atoms with E-state index in [1.807, 2.05) is 13.8 Å². The molecule has 4 rings (SSSR count). The fourth-order valence-corrected chi connectivity index (χ4v) is 11.9. The van der Waals surface area contributed by atoms with Crippen molar-refractivity contribution < 1.29 is 87.5 Å². The minimum atomic E-state index is -1.77. The summed E-state index contributed by atoms with van der Waals surface area (Å²) in [7, 11) is 0. The number of carbonyl (C=O) groups excluding carboxylic acids is 13. The number of aromatic hydroxyl groups is 2. The fourth-order valence-electron chi connectivity index (χ4n) is 11.6. The van der Waals surface area contributed by atoms with Crippen molar-refractivity contribution in [3.8, 4) is 11.5 Å². The molecule has 0 radical (unpaired) electrons. The van der Waals surface area contributed by atoms with Crippen LogP contribution >= 0.6 is 12.6 Å². The van der Waals surface area contributed by atoms with E-state index in [2.05, 4.69) is 38.9 Å². The number of aliphatic imine (C=N–C) groups is 1. The third-order valence-corrected chi connectivity index (χ3v) is 17.3. The number of guanidine groups is 1. The monoisotopic (exact) mass is 1350 g/mol. The SMILES string of the molecule is CC(C)C[C@H](C)C(=O)C[C@@H](Cc1ccc(O)cc1)C(=O)N[C@@H](CCCN=C(N)N)C(=O)C[C@@H](C)C(=O)N[C@@H](CC(N)=O)C(=O)CCC(=O)N[C@@H](CC(=O)O)C(=O)N1CCC[C@H]1C(=O)N1CCC[C@H]1C(=O)C[C@@H](CS)C(=O)N[C@@H](Cc1ccc(O)cc1)C(=O)C[C@@H](CO)C(N)=O. The number of thiol groups is 1. The summed E-state index contributed by atoms with van der Waals surface area (Å²) in [6.07, 6.45) is -3.03. The number of nitrogens with zero attached hydrogens (tertiary/aromatic N) is 3. The maximum atomic E-state index is 14.4. The Kier molecular flexibility index (Phi) is 31.9. The second kappa shape index (κ2) is 38.5. The molecule has 2 fully saturated rings. The van der Waals surface area contributed by atoms with Crippen molar-refractivity contribution in [1.82, 2.24) is 31.1 Å². The first-order valence-electron chi connectivity index (χ1n) is 31.9. The Labute approximate surface area is 556 Å². The number of phenolic OH excluding ortho intramolecular Hbond substituents is 2. The van der Waals surface area contributed by atoms with Gasteiger partial charge in [0.2, 0.25) is 47.3 Å². The number of benzene rings is 2. The average molecular weight is 1350 g/mol. The van der Waals surface area contributed by atoms with Gasteiger partial charge in [0.15, 0.2) is 29.1 Å². The Morgan fingerprint density at radius 3 is 1.68 bits per heavy atom. The summed E-state index contributed by atoms with van der Waals surface area (Å²) >= 11 is 4.31. The van der Waals surface area contributed by atoms with Gasteiger partial charge in [0.05, 0.1) is 55.5 Å². The standard InChI is InChI=1S/C65H93N11O18S/c1-35(2)24-36(3)52(81)28-40(26-38-11-15-43(78)16-12-38)61(91)72-45(8-5-21-70-65(68)69)53(82)25-37(4)60(90)73-47(31-56(66)85)51(80)19-20-57(86)71-48(32-58(87)88)63(93)76-23-7-10-50(76)64(94)75-22-6-9-49(75)55(84)30-42(34-95)62(92)74-46(27-39-13-17-44(79)18-14-39)54(83)29-41(33-77)59(67)89/h11-18,35-37,40-42,45-50,77-79,95H,5-10,19-34H2,1-4H3,(H2,66,85)(H2,67,89)(H,71,86)(H,72,91)(H,73,90)(H,74,92)(H,87,88)(H4,68,69,70)/t36-,37+,40+,41-,42-,45-,46-,47-,48-,49-,50-/m0/s1. The van der Waals surface area contributed by atoms with Gasteiger partial charge in [-0.3, -0.25) is 72.1 Å². The molecule has 0 unspecified atom stereocenters. The Hall–Kier alpha value is -8.80. The third kappa shape index (κ3) is 25.8. The van der Waals surface area contributed by atoms with Crippen molar-refractivity contribution >= 4 is 101 Å². The summed E-state index contributed by atoms with van der Waals surface area (Å²) in [6, 6.07) is 3.71. The Morgan fingerprint density at radius 2 is 1.13 bits per heavy atom. The van der Waals surface area contributed by atoms with Crippen LogP contribution < -0.4 is 44.2 Å². The summed E-state index contributed by atoms with van der Waals surface area (Å²) in [4.78, 5) is 195. The molecule has 16 N–H and O–H groups in total. The lowest BCUT2D eigenvalue weighted by Crippen LogP contribution is -2.56. The van der Waals surface area contributed by atoms with Crippen LogP contribution in [0.2, 0.25) is 0 Å². The summed E-state index contributed by atoms with van der Waals surface area (Å²) in [5.41, 5.74) is 23.0. The van der Waals surface area contributed by atoms with Crippen LogP contribution in [-0.2, 0) is 80.0 Å². The van der Waals surface area contributed by atoms with Crippen LogP contribution in [0.5, 0.6) is 11.5 Å². The van der Waals surface area contributed by atoms with Gasteiger partial charge in [-0.2, -0.15) is 12.6 Å². The fraction of sp³-hybridized carbons (Fsp3) is 0.585. The van der Waals surface area contributed by atoms with Crippen LogP contribution in [0.3, 0.4) is 0 Å². The molecule has 0 spiro atoms. The Morgan fingerprint density at radius 1 is 0.579 bits per heavy atom. The number of phenols is 2. The number of hydrogen-bond acceptors (Lipinski definition) is 19. The number of Topliss-reactive ketones (excluding diaryl/α,β-unsaturated/α-hetero) is 5. The number of nitrogens with two attached hydrogens (primary N) is 4. The number of aliphatic carboxylic acids is 1.